The average Bonchev–Trinajstić information content (AvgIpc) is 2.37. The zero-order valence-corrected chi connectivity index (χ0v) is 13.1. The summed E-state index contributed by atoms with van der Waals surface area (Å²) in [5.74, 6) is 1.82. The Bertz CT molecular complexity index is 574. The van der Waals surface area contributed by atoms with Crippen LogP contribution in [-0.2, 0) is 9.84 Å². The second kappa shape index (κ2) is 5.95. The van der Waals surface area contributed by atoms with E-state index >= 15 is 0 Å². The molecule has 112 valence electrons. The third kappa shape index (κ3) is 3.39. The van der Waals surface area contributed by atoms with Crippen molar-refractivity contribution in [2.24, 2.45) is 0 Å². The van der Waals surface area contributed by atoms with Crippen LogP contribution in [0.1, 0.15) is 25.8 Å². The Balaban J connectivity index is 2.23. The molecular formula is C13H22N4O2S. The Kier molecular flexibility index (Phi) is 4.47. The van der Waals surface area contributed by atoms with E-state index < -0.39 is 9.84 Å². The van der Waals surface area contributed by atoms with Crippen LogP contribution in [0.25, 0.3) is 0 Å². The molecule has 1 fully saturated rings. The first-order valence-corrected chi connectivity index (χ1v) is 8.79. The zero-order valence-electron chi connectivity index (χ0n) is 12.3. The van der Waals surface area contributed by atoms with Crippen molar-refractivity contribution in [1.29, 1.82) is 0 Å². The summed E-state index contributed by atoms with van der Waals surface area (Å²) in [7, 11) is -2.91. The number of hydrogen-bond donors (Lipinski definition) is 1. The van der Waals surface area contributed by atoms with Crippen LogP contribution in [0.4, 0.5) is 11.8 Å². The summed E-state index contributed by atoms with van der Waals surface area (Å²) in [5, 5.41) is 3.16. The molecule has 1 aliphatic heterocycles. The Hall–Kier alpha value is -1.37. The molecule has 0 spiro atoms. The largest absolute Gasteiger partial charge is 0.354 e. The molecule has 20 heavy (non-hydrogen) atoms. The fraction of sp³-hybridized carbons (Fsp3) is 0.692. The summed E-state index contributed by atoms with van der Waals surface area (Å²) in [5.41, 5.74) is 0.971. The lowest BCUT2D eigenvalue weighted by Gasteiger charge is -2.35. The van der Waals surface area contributed by atoms with Crippen molar-refractivity contribution in [3.63, 3.8) is 0 Å². The number of hydrogen-bond acceptors (Lipinski definition) is 6. The number of nitrogens with one attached hydrogen (secondary N) is 1. The molecule has 1 N–H and O–H groups in total. The van der Waals surface area contributed by atoms with E-state index in [1.54, 1.807) is 6.20 Å². The highest BCUT2D eigenvalue weighted by molar-refractivity contribution is 7.91. The van der Waals surface area contributed by atoms with Gasteiger partial charge in [-0.15, -0.1) is 0 Å². The minimum atomic E-state index is -2.91. The number of rotatable bonds is 4. The third-order valence-electron chi connectivity index (χ3n) is 3.42. The van der Waals surface area contributed by atoms with Crippen molar-refractivity contribution in [2.75, 3.05) is 34.8 Å². The quantitative estimate of drug-likeness (QED) is 0.901. The fourth-order valence-corrected chi connectivity index (χ4v) is 3.92. The maximum absolute atomic E-state index is 11.7. The van der Waals surface area contributed by atoms with Gasteiger partial charge in [0.1, 0.15) is 5.82 Å². The molecule has 1 saturated heterocycles. The fourth-order valence-electron chi connectivity index (χ4n) is 2.36. The van der Waals surface area contributed by atoms with E-state index in [2.05, 4.69) is 27.1 Å². The minimum absolute atomic E-state index is 0.0543. The minimum Gasteiger partial charge on any atom is -0.354 e. The maximum atomic E-state index is 11.7. The van der Waals surface area contributed by atoms with Gasteiger partial charge >= 0.3 is 0 Å². The van der Waals surface area contributed by atoms with Gasteiger partial charge in [0.25, 0.3) is 0 Å². The standard InChI is InChI=1S/C13H22N4O2S/c1-4-5-14-13-15-8-10(2)12(16-13)17-6-7-20(18,19)9-11(17)3/h8,11H,4-7,9H2,1-3H3,(H,14,15,16). The van der Waals surface area contributed by atoms with Crippen LogP contribution in [-0.4, -0.2) is 49.0 Å². The highest BCUT2D eigenvalue weighted by Gasteiger charge is 2.29. The first-order valence-electron chi connectivity index (χ1n) is 6.97. The normalized spacial score (nSPS) is 21.8. The molecule has 0 saturated carbocycles. The Morgan fingerprint density at radius 2 is 2.25 bits per heavy atom. The highest BCUT2D eigenvalue weighted by Crippen LogP contribution is 2.23. The lowest BCUT2D eigenvalue weighted by Crippen LogP contribution is -2.47. The van der Waals surface area contributed by atoms with Crippen LogP contribution in [0.2, 0.25) is 0 Å². The summed E-state index contributed by atoms with van der Waals surface area (Å²) < 4.78 is 23.3. The summed E-state index contributed by atoms with van der Waals surface area (Å²) in [6, 6.07) is -0.0543. The SMILES string of the molecule is CCCNc1ncc(C)c(N2CCS(=O)(=O)CC2C)n1. The van der Waals surface area contributed by atoms with Gasteiger partial charge in [-0.05, 0) is 20.3 Å². The van der Waals surface area contributed by atoms with E-state index in [0.29, 0.717) is 12.5 Å². The van der Waals surface area contributed by atoms with Gasteiger partial charge in [-0.2, -0.15) is 4.98 Å². The molecule has 1 unspecified atom stereocenters. The van der Waals surface area contributed by atoms with Gasteiger partial charge in [0, 0.05) is 30.9 Å². The summed E-state index contributed by atoms with van der Waals surface area (Å²) in [4.78, 5) is 10.9. The summed E-state index contributed by atoms with van der Waals surface area (Å²) in [6.45, 7) is 7.28. The molecule has 1 atom stereocenters. The molecule has 0 bridgehead atoms. The van der Waals surface area contributed by atoms with Crippen LogP contribution in [0.15, 0.2) is 6.20 Å². The van der Waals surface area contributed by atoms with E-state index in [1.807, 2.05) is 13.8 Å². The van der Waals surface area contributed by atoms with E-state index in [4.69, 9.17) is 0 Å². The second-order valence-corrected chi connectivity index (χ2v) is 7.51. The van der Waals surface area contributed by atoms with E-state index in [0.717, 1.165) is 24.3 Å². The average molecular weight is 298 g/mol. The lowest BCUT2D eigenvalue weighted by atomic mass is 10.2. The second-order valence-electron chi connectivity index (χ2n) is 5.28. The lowest BCUT2D eigenvalue weighted by molar-refractivity contribution is 0.566. The number of aromatic nitrogens is 2. The molecule has 1 aliphatic rings. The predicted octanol–water partition coefficient (Wildman–Crippen LogP) is 1.23. The zero-order chi connectivity index (χ0) is 14.8. The highest BCUT2D eigenvalue weighted by atomic mass is 32.2. The third-order valence-corrected chi connectivity index (χ3v) is 5.22. The molecule has 2 rings (SSSR count). The Morgan fingerprint density at radius 3 is 2.90 bits per heavy atom. The van der Waals surface area contributed by atoms with Gasteiger partial charge in [-0.25, -0.2) is 13.4 Å². The molecule has 2 heterocycles. The van der Waals surface area contributed by atoms with Crippen LogP contribution >= 0.6 is 0 Å². The van der Waals surface area contributed by atoms with Crippen LogP contribution < -0.4 is 10.2 Å². The Labute approximate surface area is 120 Å². The molecule has 1 aromatic rings. The van der Waals surface area contributed by atoms with Crippen molar-refractivity contribution < 1.29 is 8.42 Å². The van der Waals surface area contributed by atoms with Crippen LogP contribution in [0.5, 0.6) is 0 Å². The molecule has 0 aromatic carbocycles. The monoisotopic (exact) mass is 298 g/mol. The van der Waals surface area contributed by atoms with Gasteiger partial charge < -0.3 is 10.2 Å². The van der Waals surface area contributed by atoms with Crippen LogP contribution in [0, 0.1) is 6.92 Å². The number of aryl methyl sites for hydroxylation is 1. The van der Waals surface area contributed by atoms with E-state index in [1.165, 1.54) is 0 Å². The summed E-state index contributed by atoms with van der Waals surface area (Å²) >= 11 is 0. The van der Waals surface area contributed by atoms with Gasteiger partial charge in [0.05, 0.1) is 11.5 Å². The van der Waals surface area contributed by atoms with Gasteiger partial charge in [-0.3, -0.25) is 0 Å². The molecule has 0 amide bonds. The molecule has 6 nitrogen and oxygen atoms in total. The predicted molar refractivity (Wildman–Crippen MR) is 81.0 cm³/mol. The first kappa shape index (κ1) is 15.0. The molecule has 0 radical (unpaired) electrons. The number of nitrogens with zero attached hydrogens (tertiary/aromatic N) is 3. The molecular weight excluding hydrogens is 276 g/mol. The van der Waals surface area contributed by atoms with Crippen molar-refractivity contribution in [1.82, 2.24) is 9.97 Å². The molecule has 1 aromatic heterocycles. The van der Waals surface area contributed by atoms with Crippen molar-refractivity contribution in [3.8, 4) is 0 Å². The van der Waals surface area contributed by atoms with E-state index in [9.17, 15) is 8.42 Å². The van der Waals surface area contributed by atoms with Crippen molar-refractivity contribution in [3.05, 3.63) is 11.8 Å². The Morgan fingerprint density at radius 1 is 1.50 bits per heavy atom. The molecule has 7 heteroatoms. The number of sulfone groups is 1. The van der Waals surface area contributed by atoms with E-state index in [-0.39, 0.29) is 17.5 Å². The first-order chi connectivity index (χ1) is 9.43. The maximum Gasteiger partial charge on any atom is 0.224 e. The van der Waals surface area contributed by atoms with Gasteiger partial charge in [0.2, 0.25) is 5.95 Å². The van der Waals surface area contributed by atoms with Gasteiger partial charge in [-0.1, -0.05) is 6.92 Å². The smallest absolute Gasteiger partial charge is 0.224 e. The van der Waals surface area contributed by atoms with Gasteiger partial charge in [0.15, 0.2) is 9.84 Å². The van der Waals surface area contributed by atoms with Crippen molar-refractivity contribution >= 4 is 21.6 Å². The molecule has 0 aliphatic carbocycles. The topological polar surface area (TPSA) is 75.2 Å². The number of anilines is 2. The van der Waals surface area contributed by atoms with Crippen LogP contribution in [0.3, 0.4) is 0 Å². The van der Waals surface area contributed by atoms with Crippen molar-refractivity contribution in [2.45, 2.75) is 33.2 Å². The summed E-state index contributed by atoms with van der Waals surface area (Å²) in [6.07, 6.45) is 2.79.